The van der Waals surface area contributed by atoms with Gasteiger partial charge in [0.05, 0.1) is 5.92 Å². The van der Waals surface area contributed by atoms with Crippen molar-refractivity contribution in [2.24, 2.45) is 5.92 Å². The lowest BCUT2D eigenvalue weighted by atomic mass is 9.86. The van der Waals surface area contributed by atoms with Crippen molar-refractivity contribution >= 4 is 5.97 Å². The van der Waals surface area contributed by atoms with Gasteiger partial charge in [0.25, 0.3) is 0 Å². The van der Waals surface area contributed by atoms with Gasteiger partial charge in [0, 0.05) is 0 Å². The molecule has 0 aliphatic carbocycles. The largest absolute Gasteiger partial charge is 0.490 e. The summed E-state index contributed by atoms with van der Waals surface area (Å²) in [6, 6.07) is 7.89. The second-order valence-electron chi connectivity index (χ2n) is 6.66. The molecule has 2 unspecified atom stereocenters. The molecule has 0 heterocycles. The highest BCUT2D eigenvalue weighted by Gasteiger charge is 2.27. The normalized spacial score (nSPS) is 14.5. The molecule has 1 N–H and O–H groups in total. The number of hydrogen-bond donors (Lipinski definition) is 1. The molecule has 21 heavy (non-hydrogen) atoms. The van der Waals surface area contributed by atoms with Crippen LogP contribution >= 0.6 is 0 Å². The average molecular weight is 292 g/mol. The van der Waals surface area contributed by atoms with Crippen molar-refractivity contribution in [3.63, 3.8) is 0 Å². The van der Waals surface area contributed by atoms with Gasteiger partial charge in [-0.05, 0) is 30.4 Å². The van der Waals surface area contributed by atoms with Gasteiger partial charge in [0.1, 0.15) is 11.9 Å². The summed E-state index contributed by atoms with van der Waals surface area (Å²) in [5, 5.41) is 9.40. The predicted molar refractivity (Wildman–Crippen MR) is 85.9 cm³/mol. The summed E-state index contributed by atoms with van der Waals surface area (Å²) in [7, 11) is 0. The van der Waals surface area contributed by atoms with Crippen LogP contribution in [-0.4, -0.2) is 17.2 Å². The van der Waals surface area contributed by atoms with Crippen molar-refractivity contribution in [3.05, 3.63) is 29.8 Å². The zero-order valence-electron chi connectivity index (χ0n) is 13.8. The summed E-state index contributed by atoms with van der Waals surface area (Å²) in [5.74, 6) is -0.442. The molecule has 1 aromatic rings. The molecule has 0 aliphatic rings. The number of benzene rings is 1. The fourth-order valence-electron chi connectivity index (χ4n) is 2.45. The average Bonchev–Trinajstić information content (AvgIpc) is 2.38. The number of aliphatic carboxylic acids is 1. The van der Waals surface area contributed by atoms with E-state index >= 15 is 0 Å². The van der Waals surface area contributed by atoms with Gasteiger partial charge in [-0.1, -0.05) is 58.7 Å². The maximum atomic E-state index is 11.4. The van der Waals surface area contributed by atoms with E-state index in [1.807, 2.05) is 31.2 Å². The first-order chi connectivity index (χ1) is 9.77. The van der Waals surface area contributed by atoms with Crippen LogP contribution in [0.1, 0.15) is 59.4 Å². The van der Waals surface area contributed by atoms with Crippen LogP contribution in [0.25, 0.3) is 0 Å². The van der Waals surface area contributed by atoms with Crippen LogP contribution in [0.2, 0.25) is 0 Å². The monoisotopic (exact) mass is 292 g/mol. The van der Waals surface area contributed by atoms with E-state index in [2.05, 4.69) is 27.7 Å². The molecule has 0 spiro atoms. The summed E-state index contributed by atoms with van der Waals surface area (Å²) in [5.41, 5.74) is 1.08. The molecule has 0 aliphatic heterocycles. The fraction of sp³-hybridized carbons (Fsp3) is 0.611. The van der Waals surface area contributed by atoms with Crippen molar-refractivity contribution in [1.29, 1.82) is 0 Å². The van der Waals surface area contributed by atoms with Crippen molar-refractivity contribution in [1.82, 2.24) is 0 Å². The van der Waals surface area contributed by atoms with Gasteiger partial charge < -0.3 is 9.84 Å². The Hall–Kier alpha value is -1.51. The number of para-hydroxylation sites is 1. The summed E-state index contributed by atoms with van der Waals surface area (Å²) in [6.07, 6.45) is 2.23. The lowest BCUT2D eigenvalue weighted by Crippen LogP contribution is -2.31. The van der Waals surface area contributed by atoms with Crippen molar-refractivity contribution < 1.29 is 14.6 Å². The van der Waals surface area contributed by atoms with E-state index in [0.29, 0.717) is 6.42 Å². The quantitative estimate of drug-likeness (QED) is 0.796. The predicted octanol–water partition coefficient (Wildman–Crippen LogP) is 4.64. The molecule has 3 heteroatoms. The summed E-state index contributed by atoms with van der Waals surface area (Å²) < 4.78 is 6.01. The number of carboxylic acids is 1. The number of ether oxygens (including phenoxy) is 1. The second kappa shape index (κ2) is 7.48. The lowest BCUT2D eigenvalue weighted by Gasteiger charge is -2.27. The topological polar surface area (TPSA) is 46.5 Å². The molecule has 0 aromatic heterocycles. The molecule has 2 atom stereocenters. The molecule has 0 saturated carbocycles. The highest BCUT2D eigenvalue weighted by Crippen LogP contribution is 2.32. The minimum absolute atomic E-state index is 0.0293. The van der Waals surface area contributed by atoms with Gasteiger partial charge in [0.15, 0.2) is 0 Å². The van der Waals surface area contributed by atoms with E-state index in [1.54, 1.807) is 0 Å². The van der Waals surface area contributed by atoms with Crippen LogP contribution in [0.4, 0.5) is 0 Å². The molecule has 0 amide bonds. The number of carbonyl (C=O) groups is 1. The van der Waals surface area contributed by atoms with Crippen molar-refractivity contribution in [2.75, 3.05) is 0 Å². The van der Waals surface area contributed by atoms with E-state index < -0.39 is 11.9 Å². The van der Waals surface area contributed by atoms with E-state index in [0.717, 1.165) is 24.2 Å². The third-order valence-electron chi connectivity index (χ3n) is 3.76. The first kappa shape index (κ1) is 17.5. The highest BCUT2D eigenvalue weighted by atomic mass is 16.5. The minimum Gasteiger partial charge on any atom is -0.490 e. The standard InChI is InChI=1S/C18H28O3/c1-6-7-10-14(17(19)20)13(2)21-16-12-9-8-11-15(16)18(3,4)5/h8-9,11-14H,6-7,10H2,1-5H3,(H,19,20). The highest BCUT2D eigenvalue weighted by molar-refractivity contribution is 5.70. The SMILES string of the molecule is CCCCC(C(=O)O)C(C)Oc1ccccc1C(C)(C)C. The summed E-state index contributed by atoms with van der Waals surface area (Å²) >= 11 is 0. The number of carboxylic acid groups (broad SMARTS) is 1. The Labute approximate surface area is 128 Å². The molecule has 1 aromatic carbocycles. The molecule has 118 valence electrons. The number of unbranched alkanes of at least 4 members (excludes halogenated alkanes) is 1. The van der Waals surface area contributed by atoms with Crippen molar-refractivity contribution in [3.8, 4) is 5.75 Å². The van der Waals surface area contributed by atoms with Crippen molar-refractivity contribution in [2.45, 2.75) is 65.4 Å². The Bertz CT molecular complexity index is 460. The third-order valence-corrected chi connectivity index (χ3v) is 3.76. The van der Waals surface area contributed by atoms with Crippen LogP contribution in [0.15, 0.2) is 24.3 Å². The molecule has 0 radical (unpaired) electrons. The van der Waals surface area contributed by atoms with E-state index in [1.165, 1.54) is 0 Å². The van der Waals surface area contributed by atoms with Gasteiger partial charge in [-0.15, -0.1) is 0 Å². The Kier molecular flexibility index (Phi) is 6.25. The first-order valence-electron chi connectivity index (χ1n) is 7.76. The van der Waals surface area contributed by atoms with Crippen LogP contribution in [0, 0.1) is 5.92 Å². The molecular weight excluding hydrogens is 264 g/mol. The van der Waals surface area contributed by atoms with E-state index in [-0.39, 0.29) is 11.5 Å². The number of rotatable bonds is 7. The summed E-state index contributed by atoms with van der Waals surface area (Å²) in [4.78, 5) is 11.4. The van der Waals surface area contributed by atoms with Gasteiger partial charge in [-0.25, -0.2) is 0 Å². The fourth-order valence-corrected chi connectivity index (χ4v) is 2.45. The Morgan fingerprint density at radius 1 is 1.29 bits per heavy atom. The molecule has 0 fully saturated rings. The molecule has 1 rings (SSSR count). The van der Waals surface area contributed by atoms with Crippen LogP contribution in [0.3, 0.4) is 0 Å². The second-order valence-corrected chi connectivity index (χ2v) is 6.66. The van der Waals surface area contributed by atoms with Gasteiger partial charge in [-0.2, -0.15) is 0 Å². The molecule has 3 nitrogen and oxygen atoms in total. The molecule has 0 bridgehead atoms. The zero-order chi connectivity index (χ0) is 16.0. The van der Waals surface area contributed by atoms with Gasteiger partial charge >= 0.3 is 5.97 Å². The molecule has 0 saturated heterocycles. The Morgan fingerprint density at radius 3 is 2.43 bits per heavy atom. The Balaban J connectivity index is 2.91. The third kappa shape index (κ3) is 5.07. The summed E-state index contributed by atoms with van der Waals surface area (Å²) in [6.45, 7) is 10.3. The van der Waals surface area contributed by atoms with E-state index in [9.17, 15) is 9.90 Å². The van der Waals surface area contributed by atoms with Gasteiger partial charge in [0.2, 0.25) is 0 Å². The smallest absolute Gasteiger partial charge is 0.310 e. The maximum absolute atomic E-state index is 11.4. The molecular formula is C18H28O3. The number of hydrogen-bond acceptors (Lipinski definition) is 2. The maximum Gasteiger partial charge on any atom is 0.310 e. The zero-order valence-corrected chi connectivity index (χ0v) is 13.8. The Morgan fingerprint density at radius 2 is 1.90 bits per heavy atom. The first-order valence-corrected chi connectivity index (χ1v) is 7.76. The lowest BCUT2D eigenvalue weighted by molar-refractivity contribution is -0.145. The van der Waals surface area contributed by atoms with Crippen LogP contribution in [-0.2, 0) is 10.2 Å². The van der Waals surface area contributed by atoms with E-state index in [4.69, 9.17) is 4.74 Å². The minimum atomic E-state index is -0.774. The van der Waals surface area contributed by atoms with Crippen LogP contribution in [0.5, 0.6) is 5.75 Å². The van der Waals surface area contributed by atoms with Crippen LogP contribution < -0.4 is 4.74 Å². The van der Waals surface area contributed by atoms with Gasteiger partial charge in [-0.3, -0.25) is 4.79 Å².